The summed E-state index contributed by atoms with van der Waals surface area (Å²) in [5, 5.41) is 3.55. The van der Waals surface area contributed by atoms with Gasteiger partial charge in [0.05, 0.1) is 7.11 Å². The van der Waals surface area contributed by atoms with Crippen LogP contribution in [0.1, 0.15) is 44.1 Å². The summed E-state index contributed by atoms with van der Waals surface area (Å²) in [6.07, 6.45) is 5.24. The number of rotatable bonds is 5. The molecule has 1 fully saturated rings. The highest BCUT2D eigenvalue weighted by molar-refractivity contribution is 5.62. The highest BCUT2D eigenvalue weighted by Gasteiger charge is 2.30. The van der Waals surface area contributed by atoms with Gasteiger partial charge in [0.15, 0.2) is 0 Å². The molecule has 0 aromatic heterocycles. The first-order valence-electron chi connectivity index (χ1n) is 8.45. The number of anilines is 1. The molecule has 2 aliphatic heterocycles. The zero-order valence-corrected chi connectivity index (χ0v) is 13.4. The minimum absolute atomic E-state index is 0.673. The molecule has 0 saturated carbocycles. The Kier molecular flexibility index (Phi) is 4.69. The van der Waals surface area contributed by atoms with Crippen LogP contribution in [0.15, 0.2) is 18.2 Å². The van der Waals surface area contributed by atoms with Crippen molar-refractivity contribution < 1.29 is 4.74 Å². The molecule has 21 heavy (non-hydrogen) atoms. The summed E-state index contributed by atoms with van der Waals surface area (Å²) < 4.78 is 5.44. The Bertz CT molecular complexity index is 468. The van der Waals surface area contributed by atoms with Gasteiger partial charge in [-0.15, -0.1) is 0 Å². The maximum atomic E-state index is 5.44. The maximum absolute atomic E-state index is 5.44. The van der Waals surface area contributed by atoms with E-state index in [1.165, 1.54) is 63.1 Å². The van der Waals surface area contributed by atoms with Gasteiger partial charge in [-0.1, -0.05) is 6.92 Å². The van der Waals surface area contributed by atoms with Gasteiger partial charge in [0.25, 0.3) is 0 Å². The molecule has 0 aliphatic carbocycles. The molecule has 0 spiro atoms. The van der Waals surface area contributed by atoms with E-state index < -0.39 is 0 Å². The zero-order chi connectivity index (χ0) is 14.7. The van der Waals surface area contributed by atoms with E-state index in [1.807, 2.05) is 0 Å². The average Bonchev–Trinajstić information content (AvgIpc) is 2.86. The molecule has 2 aliphatic rings. The first kappa shape index (κ1) is 14.7. The molecular weight excluding hydrogens is 260 g/mol. The Balaban J connectivity index is 1.78. The van der Waals surface area contributed by atoms with Gasteiger partial charge >= 0.3 is 0 Å². The van der Waals surface area contributed by atoms with E-state index in [4.69, 9.17) is 4.74 Å². The third kappa shape index (κ3) is 3.18. The van der Waals surface area contributed by atoms with Crippen LogP contribution in [0, 0.1) is 5.92 Å². The number of methoxy groups -OCH3 is 1. The molecule has 1 aromatic rings. The lowest BCUT2D eigenvalue weighted by molar-refractivity contribution is 0.338. The van der Waals surface area contributed by atoms with E-state index in [2.05, 4.69) is 35.3 Å². The lowest BCUT2D eigenvalue weighted by Gasteiger charge is -2.26. The van der Waals surface area contributed by atoms with Gasteiger partial charge in [-0.3, -0.25) is 0 Å². The van der Waals surface area contributed by atoms with Crippen LogP contribution in [-0.4, -0.2) is 33.3 Å². The molecule has 3 nitrogen and oxygen atoms in total. The van der Waals surface area contributed by atoms with Crippen LogP contribution >= 0.6 is 0 Å². The molecule has 0 radical (unpaired) electrons. The van der Waals surface area contributed by atoms with Crippen LogP contribution in [-0.2, 0) is 0 Å². The molecule has 1 saturated heterocycles. The van der Waals surface area contributed by atoms with Gasteiger partial charge in [0, 0.05) is 24.7 Å². The fourth-order valence-corrected chi connectivity index (χ4v) is 3.95. The Morgan fingerprint density at radius 3 is 3.00 bits per heavy atom. The normalized spacial score (nSPS) is 25.0. The maximum Gasteiger partial charge on any atom is 0.119 e. The number of hydrogen-bond donors (Lipinski definition) is 1. The van der Waals surface area contributed by atoms with Gasteiger partial charge in [-0.05, 0) is 68.5 Å². The molecule has 1 aromatic carbocycles. The van der Waals surface area contributed by atoms with Gasteiger partial charge in [0.2, 0.25) is 0 Å². The Morgan fingerprint density at radius 2 is 2.29 bits per heavy atom. The third-order valence-electron chi connectivity index (χ3n) is 4.97. The Hall–Kier alpha value is -1.22. The third-order valence-corrected chi connectivity index (χ3v) is 4.97. The standard InChI is InChI=1S/C18H28N2O/c1-3-9-20-13-15(10-14-5-4-8-19-12-14)17-11-16(21-2)6-7-18(17)20/h6-7,11,14-15,19H,3-5,8-10,12-13H2,1-2H3. The van der Waals surface area contributed by atoms with E-state index >= 15 is 0 Å². The number of nitrogens with one attached hydrogen (secondary N) is 1. The van der Waals surface area contributed by atoms with Crippen molar-refractivity contribution in [3.05, 3.63) is 23.8 Å². The van der Waals surface area contributed by atoms with Crippen molar-refractivity contribution in [2.75, 3.05) is 38.2 Å². The number of fused-ring (bicyclic) bond motifs is 1. The molecule has 1 N–H and O–H groups in total. The van der Waals surface area contributed by atoms with Crippen LogP contribution in [0.3, 0.4) is 0 Å². The van der Waals surface area contributed by atoms with Gasteiger partial charge in [0.1, 0.15) is 5.75 Å². The van der Waals surface area contributed by atoms with E-state index in [0.717, 1.165) is 11.7 Å². The second kappa shape index (κ2) is 6.69. The topological polar surface area (TPSA) is 24.5 Å². The smallest absolute Gasteiger partial charge is 0.119 e. The van der Waals surface area contributed by atoms with Crippen molar-refractivity contribution in [1.82, 2.24) is 5.32 Å². The summed E-state index contributed by atoms with van der Waals surface area (Å²) >= 11 is 0. The summed E-state index contributed by atoms with van der Waals surface area (Å²) in [6, 6.07) is 6.63. The van der Waals surface area contributed by atoms with Crippen molar-refractivity contribution >= 4 is 5.69 Å². The predicted octanol–water partition coefficient (Wildman–Crippen LogP) is 3.40. The van der Waals surface area contributed by atoms with E-state index in [0.29, 0.717) is 5.92 Å². The van der Waals surface area contributed by atoms with Gasteiger partial charge < -0.3 is 15.0 Å². The molecule has 2 heterocycles. The van der Waals surface area contributed by atoms with E-state index in [-0.39, 0.29) is 0 Å². The molecule has 3 rings (SSSR count). The number of nitrogens with zero attached hydrogens (tertiary/aromatic N) is 1. The number of ether oxygens (including phenoxy) is 1. The van der Waals surface area contributed by atoms with E-state index in [1.54, 1.807) is 7.11 Å². The number of piperidine rings is 1. The van der Waals surface area contributed by atoms with Crippen molar-refractivity contribution in [3.63, 3.8) is 0 Å². The largest absolute Gasteiger partial charge is 0.497 e. The molecule has 0 bridgehead atoms. The number of benzene rings is 1. The summed E-state index contributed by atoms with van der Waals surface area (Å²) in [4.78, 5) is 2.57. The lowest BCUT2D eigenvalue weighted by atomic mass is 9.86. The van der Waals surface area contributed by atoms with Gasteiger partial charge in [-0.2, -0.15) is 0 Å². The summed E-state index contributed by atoms with van der Waals surface area (Å²) in [5.41, 5.74) is 2.94. The second-order valence-electron chi connectivity index (χ2n) is 6.52. The Morgan fingerprint density at radius 1 is 1.38 bits per heavy atom. The first-order valence-corrected chi connectivity index (χ1v) is 8.45. The highest BCUT2D eigenvalue weighted by Crippen LogP contribution is 2.42. The fourth-order valence-electron chi connectivity index (χ4n) is 3.95. The quantitative estimate of drug-likeness (QED) is 0.898. The van der Waals surface area contributed by atoms with Gasteiger partial charge in [-0.25, -0.2) is 0 Å². The lowest BCUT2D eigenvalue weighted by Crippen LogP contribution is -2.31. The molecule has 2 atom stereocenters. The highest BCUT2D eigenvalue weighted by atomic mass is 16.5. The van der Waals surface area contributed by atoms with E-state index in [9.17, 15) is 0 Å². The SMILES string of the molecule is CCCN1CC(CC2CCCNC2)c2cc(OC)ccc21. The van der Waals surface area contributed by atoms with Crippen molar-refractivity contribution in [2.45, 2.75) is 38.5 Å². The summed E-state index contributed by atoms with van der Waals surface area (Å²) in [7, 11) is 1.76. The van der Waals surface area contributed by atoms with Crippen LogP contribution in [0.25, 0.3) is 0 Å². The summed E-state index contributed by atoms with van der Waals surface area (Å²) in [6.45, 7) is 7.02. The van der Waals surface area contributed by atoms with Crippen LogP contribution in [0.5, 0.6) is 5.75 Å². The van der Waals surface area contributed by atoms with Crippen LogP contribution in [0.4, 0.5) is 5.69 Å². The van der Waals surface area contributed by atoms with Crippen LogP contribution in [0.2, 0.25) is 0 Å². The molecule has 2 unspecified atom stereocenters. The predicted molar refractivity (Wildman–Crippen MR) is 88.4 cm³/mol. The van der Waals surface area contributed by atoms with Crippen molar-refractivity contribution in [1.29, 1.82) is 0 Å². The number of hydrogen-bond acceptors (Lipinski definition) is 3. The zero-order valence-electron chi connectivity index (χ0n) is 13.4. The second-order valence-corrected chi connectivity index (χ2v) is 6.52. The van der Waals surface area contributed by atoms with Crippen LogP contribution < -0.4 is 15.0 Å². The molecule has 0 amide bonds. The van der Waals surface area contributed by atoms with Crippen molar-refractivity contribution in [2.24, 2.45) is 5.92 Å². The molecular formula is C18H28N2O. The first-order chi connectivity index (χ1) is 10.3. The summed E-state index contributed by atoms with van der Waals surface area (Å²) in [5.74, 6) is 2.51. The minimum Gasteiger partial charge on any atom is -0.497 e. The molecule has 116 valence electrons. The fraction of sp³-hybridized carbons (Fsp3) is 0.667. The molecule has 3 heteroatoms. The van der Waals surface area contributed by atoms with Crippen molar-refractivity contribution in [3.8, 4) is 5.75 Å². The average molecular weight is 288 g/mol. The monoisotopic (exact) mass is 288 g/mol. The Labute approximate surface area is 128 Å². The minimum atomic E-state index is 0.673.